The Hall–Kier alpha value is -0.730. The third-order valence-electron chi connectivity index (χ3n) is 4.22. The lowest BCUT2D eigenvalue weighted by atomic mass is 9.80. The first-order chi connectivity index (χ1) is 9.58. The third-order valence-corrected chi connectivity index (χ3v) is 4.22. The van der Waals surface area contributed by atoms with Crippen molar-refractivity contribution in [1.29, 1.82) is 0 Å². The molecule has 4 atom stereocenters. The molecule has 1 amide bonds. The van der Waals surface area contributed by atoms with Crippen LogP contribution >= 0.6 is 0 Å². The molecule has 0 bridgehead atoms. The molecular formula is C13H26N4O3. The van der Waals surface area contributed by atoms with Gasteiger partial charge in [-0.1, -0.05) is 0 Å². The van der Waals surface area contributed by atoms with Crippen molar-refractivity contribution in [2.45, 2.75) is 31.0 Å². The van der Waals surface area contributed by atoms with Gasteiger partial charge in [0.1, 0.15) is 0 Å². The number of aliphatic hydroxyl groups excluding tert-OH is 1. The molecule has 116 valence electrons. The normalized spacial score (nSPS) is 35.8. The lowest BCUT2D eigenvalue weighted by Crippen LogP contribution is -2.54. The van der Waals surface area contributed by atoms with Gasteiger partial charge in [0, 0.05) is 38.3 Å². The predicted octanol–water partition coefficient (Wildman–Crippen LogP) is -2.14. The van der Waals surface area contributed by atoms with Gasteiger partial charge in [0.15, 0.2) is 0 Å². The van der Waals surface area contributed by atoms with E-state index in [2.05, 4.69) is 10.2 Å². The summed E-state index contributed by atoms with van der Waals surface area (Å²) in [6.07, 6.45) is 0.207. The molecule has 1 aliphatic heterocycles. The molecule has 7 nitrogen and oxygen atoms in total. The van der Waals surface area contributed by atoms with Crippen molar-refractivity contribution in [2.24, 2.45) is 17.4 Å². The van der Waals surface area contributed by atoms with Crippen LogP contribution in [-0.4, -0.2) is 73.5 Å². The van der Waals surface area contributed by atoms with Crippen LogP contribution in [0.5, 0.6) is 0 Å². The van der Waals surface area contributed by atoms with Gasteiger partial charge in [-0.25, -0.2) is 0 Å². The average molecular weight is 286 g/mol. The molecule has 6 N–H and O–H groups in total. The number of amides is 1. The number of nitrogens with zero attached hydrogens (tertiary/aromatic N) is 1. The molecule has 1 saturated carbocycles. The maximum atomic E-state index is 12.1. The second-order valence-electron chi connectivity index (χ2n) is 5.72. The van der Waals surface area contributed by atoms with Crippen LogP contribution in [0.4, 0.5) is 0 Å². The zero-order chi connectivity index (χ0) is 14.5. The Morgan fingerprint density at radius 1 is 1.25 bits per heavy atom. The average Bonchev–Trinajstić information content (AvgIpc) is 2.44. The van der Waals surface area contributed by atoms with Crippen molar-refractivity contribution in [3.63, 3.8) is 0 Å². The number of morpholine rings is 1. The fourth-order valence-corrected chi connectivity index (χ4v) is 2.84. The van der Waals surface area contributed by atoms with E-state index in [1.165, 1.54) is 0 Å². The number of nitrogens with two attached hydrogens (primary N) is 2. The summed E-state index contributed by atoms with van der Waals surface area (Å²) >= 11 is 0. The molecule has 2 aliphatic rings. The molecule has 1 aliphatic carbocycles. The second kappa shape index (κ2) is 7.33. The van der Waals surface area contributed by atoms with Crippen LogP contribution in [0.3, 0.4) is 0 Å². The highest BCUT2D eigenvalue weighted by Gasteiger charge is 2.36. The Labute approximate surface area is 119 Å². The standard InChI is InChI=1S/C13H26N4O3/c14-10-8-11(15)12(18)7-9(10)13(19)16-1-2-17-3-5-20-6-4-17/h9-12,18H,1-8,14-15H2,(H,16,19). The van der Waals surface area contributed by atoms with Gasteiger partial charge in [-0.05, 0) is 12.8 Å². The van der Waals surface area contributed by atoms with Crippen LogP contribution in [0.15, 0.2) is 0 Å². The Morgan fingerprint density at radius 2 is 1.95 bits per heavy atom. The van der Waals surface area contributed by atoms with E-state index in [1.807, 2.05) is 0 Å². The summed E-state index contributed by atoms with van der Waals surface area (Å²) in [6, 6.07) is -0.584. The number of hydrogen-bond acceptors (Lipinski definition) is 6. The van der Waals surface area contributed by atoms with Gasteiger partial charge in [-0.3, -0.25) is 9.69 Å². The van der Waals surface area contributed by atoms with Gasteiger partial charge in [-0.15, -0.1) is 0 Å². The van der Waals surface area contributed by atoms with Crippen molar-refractivity contribution >= 4 is 5.91 Å². The monoisotopic (exact) mass is 286 g/mol. The van der Waals surface area contributed by atoms with E-state index in [9.17, 15) is 9.90 Å². The number of hydrogen-bond donors (Lipinski definition) is 4. The molecule has 0 radical (unpaired) electrons. The van der Waals surface area contributed by atoms with Crippen LogP contribution in [0.25, 0.3) is 0 Å². The number of rotatable bonds is 4. The molecule has 2 fully saturated rings. The molecule has 4 unspecified atom stereocenters. The smallest absolute Gasteiger partial charge is 0.224 e. The van der Waals surface area contributed by atoms with Crippen LogP contribution in [0.1, 0.15) is 12.8 Å². The quantitative estimate of drug-likeness (QED) is 0.469. The van der Waals surface area contributed by atoms with Crippen molar-refractivity contribution < 1.29 is 14.6 Å². The topological polar surface area (TPSA) is 114 Å². The van der Waals surface area contributed by atoms with Crippen LogP contribution < -0.4 is 16.8 Å². The highest BCUT2D eigenvalue weighted by molar-refractivity contribution is 5.79. The fraction of sp³-hybridized carbons (Fsp3) is 0.923. The highest BCUT2D eigenvalue weighted by atomic mass is 16.5. The van der Waals surface area contributed by atoms with E-state index in [0.717, 1.165) is 32.8 Å². The van der Waals surface area contributed by atoms with Gasteiger partial charge < -0.3 is 26.6 Å². The summed E-state index contributed by atoms with van der Waals surface area (Å²) in [7, 11) is 0. The molecule has 0 aromatic carbocycles. The Morgan fingerprint density at radius 3 is 2.65 bits per heavy atom. The van der Waals surface area contributed by atoms with Crippen molar-refractivity contribution in [3.05, 3.63) is 0 Å². The van der Waals surface area contributed by atoms with Crippen LogP contribution in [0, 0.1) is 5.92 Å². The predicted molar refractivity (Wildman–Crippen MR) is 75.0 cm³/mol. The lowest BCUT2D eigenvalue weighted by Gasteiger charge is -2.35. The summed E-state index contributed by atoms with van der Waals surface area (Å²) in [5.41, 5.74) is 11.7. The SMILES string of the molecule is NC1CC(N)C(C(=O)NCCN2CCOCC2)CC1O. The van der Waals surface area contributed by atoms with Gasteiger partial charge in [0.25, 0.3) is 0 Å². The summed E-state index contributed by atoms with van der Waals surface area (Å²) in [5.74, 6) is -0.411. The van der Waals surface area contributed by atoms with E-state index < -0.39 is 6.10 Å². The molecule has 0 aromatic heterocycles. The third kappa shape index (κ3) is 4.13. The Bertz CT molecular complexity index is 323. The summed E-state index contributed by atoms with van der Waals surface area (Å²) in [5, 5.41) is 12.7. The van der Waals surface area contributed by atoms with Crippen molar-refractivity contribution in [1.82, 2.24) is 10.2 Å². The van der Waals surface area contributed by atoms with Crippen LogP contribution in [0.2, 0.25) is 0 Å². The van der Waals surface area contributed by atoms with E-state index in [-0.39, 0.29) is 23.9 Å². The largest absolute Gasteiger partial charge is 0.391 e. The number of carbonyl (C=O) groups is 1. The summed E-state index contributed by atoms with van der Waals surface area (Å²) < 4.78 is 5.27. The first kappa shape index (κ1) is 15.7. The molecule has 7 heteroatoms. The number of nitrogens with one attached hydrogen (secondary N) is 1. The Kier molecular flexibility index (Phi) is 5.74. The lowest BCUT2D eigenvalue weighted by molar-refractivity contribution is -0.128. The van der Waals surface area contributed by atoms with Crippen molar-refractivity contribution in [3.8, 4) is 0 Å². The first-order valence-electron chi connectivity index (χ1n) is 7.35. The highest BCUT2D eigenvalue weighted by Crippen LogP contribution is 2.23. The molecule has 0 spiro atoms. The fourth-order valence-electron chi connectivity index (χ4n) is 2.84. The van der Waals surface area contributed by atoms with Gasteiger partial charge in [0.05, 0.1) is 25.2 Å². The van der Waals surface area contributed by atoms with Crippen LogP contribution in [-0.2, 0) is 9.53 Å². The zero-order valence-electron chi connectivity index (χ0n) is 11.8. The zero-order valence-corrected chi connectivity index (χ0v) is 11.8. The Balaban J connectivity index is 1.71. The van der Waals surface area contributed by atoms with Gasteiger partial charge in [-0.2, -0.15) is 0 Å². The first-order valence-corrected chi connectivity index (χ1v) is 7.35. The van der Waals surface area contributed by atoms with Crippen molar-refractivity contribution in [2.75, 3.05) is 39.4 Å². The summed E-state index contributed by atoms with van der Waals surface area (Å²) in [6.45, 7) is 4.75. The molecule has 2 rings (SSSR count). The number of aliphatic hydroxyl groups is 1. The second-order valence-corrected chi connectivity index (χ2v) is 5.72. The number of ether oxygens (including phenoxy) is 1. The van der Waals surface area contributed by atoms with Gasteiger partial charge in [0.2, 0.25) is 5.91 Å². The molecule has 1 saturated heterocycles. The minimum Gasteiger partial charge on any atom is -0.391 e. The molecule has 20 heavy (non-hydrogen) atoms. The number of carbonyl (C=O) groups excluding carboxylic acids is 1. The maximum Gasteiger partial charge on any atom is 0.224 e. The van der Waals surface area contributed by atoms with E-state index >= 15 is 0 Å². The molecule has 1 heterocycles. The maximum absolute atomic E-state index is 12.1. The van der Waals surface area contributed by atoms with Gasteiger partial charge >= 0.3 is 0 Å². The summed E-state index contributed by atoms with van der Waals surface area (Å²) in [4.78, 5) is 14.4. The molecular weight excluding hydrogens is 260 g/mol. The van der Waals surface area contributed by atoms with E-state index in [4.69, 9.17) is 16.2 Å². The van der Waals surface area contributed by atoms with E-state index in [1.54, 1.807) is 0 Å². The minimum absolute atomic E-state index is 0.0725. The van der Waals surface area contributed by atoms with E-state index in [0.29, 0.717) is 19.4 Å². The molecule has 0 aromatic rings. The minimum atomic E-state index is -0.634.